The van der Waals surface area contributed by atoms with Gasteiger partial charge in [0.2, 0.25) is 0 Å². The van der Waals surface area contributed by atoms with Crippen LogP contribution in [-0.2, 0) is 9.53 Å². The van der Waals surface area contributed by atoms with Crippen molar-refractivity contribution in [2.24, 2.45) is 0 Å². The molecular weight excluding hydrogens is 456 g/mol. The number of aryl methyl sites for hydroxylation is 1. The third-order valence-corrected chi connectivity index (χ3v) is 6.78. The summed E-state index contributed by atoms with van der Waals surface area (Å²) in [6.07, 6.45) is 3.28. The number of amides is 1. The summed E-state index contributed by atoms with van der Waals surface area (Å²) in [5, 5.41) is 3.38. The van der Waals surface area contributed by atoms with Crippen molar-refractivity contribution in [2.75, 3.05) is 25.6 Å². The van der Waals surface area contributed by atoms with E-state index in [0.717, 1.165) is 11.1 Å². The number of fused-ring (bicyclic) bond motifs is 1. The highest BCUT2D eigenvalue weighted by molar-refractivity contribution is 8.26. The van der Waals surface area contributed by atoms with Gasteiger partial charge in [-0.05, 0) is 37.1 Å². The molecule has 0 spiro atoms. The minimum Gasteiger partial charge on any atom is -0.383 e. The Morgan fingerprint density at radius 2 is 1.97 bits per heavy atom. The second-order valence-electron chi connectivity index (χ2n) is 7.67. The Morgan fingerprint density at radius 3 is 2.70 bits per heavy atom. The van der Waals surface area contributed by atoms with E-state index in [0.29, 0.717) is 39.4 Å². The number of hydrogen-bond donors (Lipinski definition) is 1. The molecule has 3 heterocycles. The van der Waals surface area contributed by atoms with Gasteiger partial charge in [-0.25, -0.2) is 4.98 Å². The molecule has 1 amide bonds. The third kappa shape index (κ3) is 4.71. The molecule has 1 saturated heterocycles. The molecule has 0 aliphatic carbocycles. The van der Waals surface area contributed by atoms with Crippen LogP contribution in [0.3, 0.4) is 0 Å². The third-order valence-electron chi connectivity index (χ3n) is 5.41. The zero-order valence-corrected chi connectivity index (χ0v) is 20.2. The lowest BCUT2D eigenvalue weighted by molar-refractivity contribution is -0.122. The van der Waals surface area contributed by atoms with Gasteiger partial charge in [-0.2, -0.15) is 0 Å². The number of nitrogens with zero attached hydrogens (tertiary/aromatic N) is 3. The number of pyridine rings is 1. The fraction of sp³-hybridized carbons (Fsp3) is 0.250. The number of aromatic nitrogens is 2. The molecule has 170 valence electrons. The van der Waals surface area contributed by atoms with Crippen molar-refractivity contribution in [3.05, 3.63) is 80.6 Å². The Morgan fingerprint density at radius 1 is 1.21 bits per heavy atom. The van der Waals surface area contributed by atoms with E-state index < -0.39 is 0 Å². The molecule has 7 nitrogen and oxygen atoms in total. The maximum Gasteiger partial charge on any atom is 0.267 e. The number of anilines is 1. The molecule has 0 bridgehead atoms. The maximum atomic E-state index is 13.5. The predicted molar refractivity (Wildman–Crippen MR) is 136 cm³/mol. The summed E-state index contributed by atoms with van der Waals surface area (Å²) in [4.78, 5) is 33.1. The molecule has 1 N–H and O–H groups in total. The molecule has 0 radical (unpaired) electrons. The van der Waals surface area contributed by atoms with Gasteiger partial charge in [0.05, 0.1) is 23.6 Å². The SMILES string of the molecule is COCCN1C(=O)C(=Cc2c(NC(C)c3ccccc3)nc3c(C)cccn3c2=O)SC1=S. The molecule has 33 heavy (non-hydrogen) atoms. The van der Waals surface area contributed by atoms with Crippen LogP contribution in [0.2, 0.25) is 0 Å². The first-order valence-corrected chi connectivity index (χ1v) is 11.7. The lowest BCUT2D eigenvalue weighted by atomic mass is 10.1. The van der Waals surface area contributed by atoms with Crippen molar-refractivity contribution in [3.63, 3.8) is 0 Å². The maximum absolute atomic E-state index is 13.5. The normalized spacial score (nSPS) is 16.1. The van der Waals surface area contributed by atoms with Crippen LogP contribution in [0, 0.1) is 6.92 Å². The first-order chi connectivity index (χ1) is 15.9. The molecule has 2 aromatic heterocycles. The van der Waals surface area contributed by atoms with Crippen LogP contribution in [-0.4, -0.2) is 44.8 Å². The van der Waals surface area contributed by atoms with Gasteiger partial charge in [0.1, 0.15) is 15.8 Å². The number of benzene rings is 1. The van der Waals surface area contributed by atoms with Gasteiger partial charge in [0.25, 0.3) is 11.5 Å². The van der Waals surface area contributed by atoms with Crippen LogP contribution < -0.4 is 10.9 Å². The van der Waals surface area contributed by atoms with Crippen LogP contribution in [0.25, 0.3) is 11.7 Å². The minimum absolute atomic E-state index is 0.104. The molecule has 3 aromatic rings. The first kappa shape index (κ1) is 23.2. The Balaban J connectivity index is 1.81. The van der Waals surface area contributed by atoms with Crippen molar-refractivity contribution in [2.45, 2.75) is 19.9 Å². The lowest BCUT2D eigenvalue weighted by Crippen LogP contribution is -2.31. The van der Waals surface area contributed by atoms with E-state index in [-0.39, 0.29) is 17.5 Å². The van der Waals surface area contributed by atoms with Crippen LogP contribution in [0.4, 0.5) is 5.82 Å². The van der Waals surface area contributed by atoms with Gasteiger partial charge < -0.3 is 10.1 Å². The Kier molecular flexibility index (Phi) is 6.92. The lowest BCUT2D eigenvalue weighted by Gasteiger charge is -2.18. The van der Waals surface area contributed by atoms with Gasteiger partial charge in [0.15, 0.2) is 0 Å². The van der Waals surface area contributed by atoms with E-state index in [2.05, 4.69) is 5.32 Å². The summed E-state index contributed by atoms with van der Waals surface area (Å²) in [5.74, 6) is 0.186. The standard InChI is InChI=1S/C24H24N4O3S2/c1-15-8-7-11-27-21(15)26-20(25-16(2)17-9-5-4-6-10-17)18(22(27)29)14-19-23(30)28(12-13-31-3)24(32)33-19/h4-11,14,16,25H,12-13H2,1-3H3. The van der Waals surface area contributed by atoms with Crippen LogP contribution in [0.15, 0.2) is 58.4 Å². The highest BCUT2D eigenvalue weighted by Gasteiger charge is 2.32. The summed E-state index contributed by atoms with van der Waals surface area (Å²) in [7, 11) is 1.57. The van der Waals surface area contributed by atoms with E-state index in [4.69, 9.17) is 21.9 Å². The number of carbonyl (C=O) groups excluding carboxylic acids is 1. The summed E-state index contributed by atoms with van der Waals surface area (Å²) in [5.41, 5.74) is 2.56. The molecule has 1 unspecified atom stereocenters. The smallest absolute Gasteiger partial charge is 0.267 e. The van der Waals surface area contributed by atoms with Crippen molar-refractivity contribution in [1.29, 1.82) is 0 Å². The minimum atomic E-state index is -0.256. The summed E-state index contributed by atoms with van der Waals surface area (Å²) >= 11 is 6.55. The molecule has 0 saturated carbocycles. The van der Waals surface area contributed by atoms with Crippen molar-refractivity contribution < 1.29 is 9.53 Å². The number of hydrogen-bond acceptors (Lipinski definition) is 7. The van der Waals surface area contributed by atoms with Gasteiger partial charge in [0, 0.05) is 19.3 Å². The van der Waals surface area contributed by atoms with E-state index in [9.17, 15) is 9.59 Å². The Labute approximate surface area is 201 Å². The number of rotatable bonds is 7. The van der Waals surface area contributed by atoms with Gasteiger partial charge in [-0.1, -0.05) is 60.4 Å². The van der Waals surface area contributed by atoms with Crippen molar-refractivity contribution in [3.8, 4) is 0 Å². The number of methoxy groups -OCH3 is 1. The Hall–Kier alpha value is -3.01. The zero-order chi connectivity index (χ0) is 23.5. The first-order valence-electron chi connectivity index (χ1n) is 10.5. The number of carbonyl (C=O) groups is 1. The van der Waals surface area contributed by atoms with Crippen LogP contribution in [0.5, 0.6) is 0 Å². The molecule has 1 atom stereocenters. The van der Waals surface area contributed by atoms with E-state index in [1.54, 1.807) is 25.4 Å². The van der Waals surface area contributed by atoms with Crippen LogP contribution in [0.1, 0.15) is 29.7 Å². The zero-order valence-electron chi connectivity index (χ0n) is 18.6. The fourth-order valence-corrected chi connectivity index (χ4v) is 4.88. The number of ether oxygens (including phenoxy) is 1. The summed E-state index contributed by atoms with van der Waals surface area (Å²) in [6.45, 7) is 4.65. The highest BCUT2D eigenvalue weighted by atomic mass is 32.2. The molecule has 1 aliphatic rings. The highest BCUT2D eigenvalue weighted by Crippen LogP contribution is 2.33. The van der Waals surface area contributed by atoms with E-state index in [1.807, 2.05) is 50.2 Å². The molecule has 1 fully saturated rings. The average Bonchev–Trinajstić information content (AvgIpc) is 3.08. The molecule has 1 aliphatic heterocycles. The number of thiocarbonyl (C=S) groups is 1. The summed E-state index contributed by atoms with van der Waals surface area (Å²) < 4.78 is 7.03. The second-order valence-corrected chi connectivity index (χ2v) is 9.34. The van der Waals surface area contributed by atoms with Crippen molar-refractivity contribution in [1.82, 2.24) is 14.3 Å². The monoisotopic (exact) mass is 480 g/mol. The predicted octanol–water partition coefficient (Wildman–Crippen LogP) is 4.02. The Bertz CT molecular complexity index is 1300. The van der Waals surface area contributed by atoms with Gasteiger partial charge in [-0.3, -0.25) is 18.9 Å². The van der Waals surface area contributed by atoms with Gasteiger partial charge in [-0.15, -0.1) is 0 Å². The second kappa shape index (κ2) is 9.86. The van der Waals surface area contributed by atoms with E-state index in [1.165, 1.54) is 21.1 Å². The summed E-state index contributed by atoms with van der Waals surface area (Å²) in [6, 6.07) is 13.5. The van der Waals surface area contributed by atoms with Gasteiger partial charge >= 0.3 is 0 Å². The molecule has 4 rings (SSSR count). The molecule has 9 heteroatoms. The molecule has 1 aromatic carbocycles. The van der Waals surface area contributed by atoms with Crippen LogP contribution >= 0.6 is 24.0 Å². The fourth-order valence-electron chi connectivity index (χ4n) is 3.59. The largest absolute Gasteiger partial charge is 0.383 e. The quantitative estimate of drug-likeness (QED) is 0.404. The number of nitrogens with one attached hydrogen (secondary N) is 1. The van der Waals surface area contributed by atoms with E-state index >= 15 is 0 Å². The molecular formula is C24H24N4O3S2. The van der Waals surface area contributed by atoms with Crippen molar-refractivity contribution >= 4 is 51.7 Å². The number of thioether (sulfide) groups is 1. The topological polar surface area (TPSA) is 75.9 Å². The average molecular weight is 481 g/mol.